The number of fused-ring (bicyclic) bond motifs is 2. The summed E-state index contributed by atoms with van der Waals surface area (Å²) in [7, 11) is 0. The van der Waals surface area contributed by atoms with E-state index in [-0.39, 0.29) is 5.91 Å². The highest BCUT2D eigenvalue weighted by atomic mass is 32.1. The second kappa shape index (κ2) is 5.35. The normalized spacial score (nSPS) is 13.3. The van der Waals surface area contributed by atoms with Crippen LogP contribution >= 0.6 is 11.3 Å². The van der Waals surface area contributed by atoms with Crippen LogP contribution in [0.2, 0.25) is 0 Å². The molecule has 5 heteroatoms. The van der Waals surface area contributed by atoms with Gasteiger partial charge in [0.15, 0.2) is 0 Å². The van der Waals surface area contributed by atoms with Gasteiger partial charge in [0.05, 0.1) is 5.69 Å². The number of thiophene rings is 1. The lowest BCUT2D eigenvalue weighted by molar-refractivity contribution is 0.103. The summed E-state index contributed by atoms with van der Waals surface area (Å²) in [6.07, 6.45) is 3.23. The Kier molecular flexibility index (Phi) is 3.31. The topological polar surface area (TPSA) is 68.0 Å². The highest BCUT2D eigenvalue weighted by molar-refractivity contribution is 7.21. The number of hydrogen-bond acceptors (Lipinski definition) is 4. The van der Waals surface area contributed by atoms with E-state index in [0.29, 0.717) is 10.6 Å². The number of anilines is 2. The van der Waals surface area contributed by atoms with Crippen LogP contribution in [0.3, 0.4) is 0 Å². The van der Waals surface area contributed by atoms with E-state index in [1.165, 1.54) is 16.9 Å². The molecule has 0 unspecified atom stereocenters. The number of carbonyl (C=O) groups excluding carboxylic acids is 1. The molecule has 0 fully saturated rings. The molecule has 0 bridgehead atoms. The van der Waals surface area contributed by atoms with Gasteiger partial charge < -0.3 is 11.1 Å². The fourth-order valence-electron chi connectivity index (χ4n) is 2.99. The van der Waals surface area contributed by atoms with Crippen LogP contribution in [0.5, 0.6) is 0 Å². The van der Waals surface area contributed by atoms with Crippen LogP contribution in [0, 0.1) is 6.92 Å². The molecule has 3 aromatic rings. The molecule has 0 atom stereocenters. The molecular formula is C18H17N3OS. The Bertz CT molecular complexity index is 912. The van der Waals surface area contributed by atoms with E-state index in [4.69, 9.17) is 10.7 Å². The summed E-state index contributed by atoms with van der Waals surface area (Å²) in [6, 6.07) is 9.83. The Labute approximate surface area is 138 Å². The molecule has 0 spiro atoms. The van der Waals surface area contributed by atoms with Gasteiger partial charge >= 0.3 is 0 Å². The molecule has 23 heavy (non-hydrogen) atoms. The van der Waals surface area contributed by atoms with Crippen LogP contribution in [-0.2, 0) is 12.8 Å². The molecule has 1 aliphatic carbocycles. The van der Waals surface area contributed by atoms with Crippen molar-refractivity contribution in [3.05, 3.63) is 52.0 Å². The second-order valence-electron chi connectivity index (χ2n) is 5.97. The Morgan fingerprint density at radius 1 is 1.26 bits per heavy atom. The predicted octanol–water partition coefficient (Wildman–Crippen LogP) is 3.93. The van der Waals surface area contributed by atoms with E-state index in [0.717, 1.165) is 46.4 Å². The Hall–Kier alpha value is -2.40. The van der Waals surface area contributed by atoms with Crippen molar-refractivity contribution < 1.29 is 4.79 Å². The van der Waals surface area contributed by atoms with Gasteiger partial charge in [-0.15, -0.1) is 11.3 Å². The van der Waals surface area contributed by atoms with Crippen LogP contribution in [0.15, 0.2) is 30.3 Å². The highest BCUT2D eigenvalue weighted by Gasteiger charge is 2.21. The highest BCUT2D eigenvalue weighted by Crippen LogP contribution is 2.36. The fraction of sp³-hybridized carbons (Fsp3) is 0.222. The molecule has 0 saturated heterocycles. The summed E-state index contributed by atoms with van der Waals surface area (Å²) < 4.78 is 0. The summed E-state index contributed by atoms with van der Waals surface area (Å²) in [4.78, 5) is 18.6. The standard InChI is InChI=1S/C18H17N3OS/c1-10-5-7-12(8-6-10)20-17(22)16-15(19)13-9-11-3-2-4-14(11)21-18(13)23-16/h5-9H,2-4,19H2,1H3,(H,20,22). The molecule has 2 aromatic heterocycles. The minimum atomic E-state index is -0.172. The van der Waals surface area contributed by atoms with Crippen molar-refractivity contribution in [3.8, 4) is 0 Å². The van der Waals surface area contributed by atoms with Crippen molar-refractivity contribution in [2.24, 2.45) is 0 Å². The summed E-state index contributed by atoms with van der Waals surface area (Å²) in [6.45, 7) is 2.01. The Morgan fingerprint density at radius 2 is 2.04 bits per heavy atom. The third kappa shape index (κ3) is 2.47. The minimum Gasteiger partial charge on any atom is -0.397 e. The quantitative estimate of drug-likeness (QED) is 0.751. The van der Waals surface area contributed by atoms with Crippen molar-refractivity contribution in [3.63, 3.8) is 0 Å². The number of nitrogens with two attached hydrogens (primary N) is 1. The number of nitrogens with one attached hydrogen (secondary N) is 1. The van der Waals surface area contributed by atoms with Gasteiger partial charge in [0.1, 0.15) is 9.71 Å². The van der Waals surface area contributed by atoms with Gasteiger partial charge in [-0.2, -0.15) is 0 Å². The molecule has 4 nitrogen and oxygen atoms in total. The molecule has 1 aliphatic rings. The van der Waals surface area contributed by atoms with Crippen LogP contribution in [0.4, 0.5) is 11.4 Å². The van der Waals surface area contributed by atoms with E-state index < -0.39 is 0 Å². The molecule has 0 aliphatic heterocycles. The summed E-state index contributed by atoms with van der Waals surface area (Å²) >= 11 is 1.37. The number of nitrogens with zero attached hydrogens (tertiary/aromatic N) is 1. The molecule has 2 heterocycles. The number of carbonyl (C=O) groups is 1. The first-order chi connectivity index (χ1) is 11.1. The first-order valence-corrected chi connectivity index (χ1v) is 8.52. The van der Waals surface area contributed by atoms with Crippen molar-refractivity contribution in [2.45, 2.75) is 26.2 Å². The number of pyridine rings is 1. The smallest absolute Gasteiger partial charge is 0.267 e. The minimum absolute atomic E-state index is 0.172. The number of benzene rings is 1. The first-order valence-electron chi connectivity index (χ1n) is 7.70. The molecule has 0 radical (unpaired) electrons. The zero-order valence-corrected chi connectivity index (χ0v) is 13.7. The fourth-order valence-corrected chi connectivity index (χ4v) is 3.98. The Morgan fingerprint density at radius 3 is 2.83 bits per heavy atom. The molecule has 3 N–H and O–H groups in total. The van der Waals surface area contributed by atoms with E-state index >= 15 is 0 Å². The summed E-state index contributed by atoms with van der Waals surface area (Å²) in [5.74, 6) is -0.172. The largest absolute Gasteiger partial charge is 0.397 e. The van der Waals surface area contributed by atoms with Crippen LogP contribution in [0.25, 0.3) is 10.2 Å². The molecule has 1 aromatic carbocycles. The van der Waals surface area contributed by atoms with Gasteiger partial charge in [0.25, 0.3) is 5.91 Å². The SMILES string of the molecule is Cc1ccc(NC(=O)c2sc3nc4c(cc3c2N)CCC4)cc1. The lowest BCUT2D eigenvalue weighted by atomic mass is 10.1. The first kappa shape index (κ1) is 14.2. The lowest BCUT2D eigenvalue weighted by Crippen LogP contribution is -2.11. The molecule has 4 rings (SSSR count). The second-order valence-corrected chi connectivity index (χ2v) is 6.96. The predicted molar refractivity (Wildman–Crippen MR) is 95.2 cm³/mol. The molecule has 1 amide bonds. The van der Waals surface area contributed by atoms with Crippen molar-refractivity contribution in [1.29, 1.82) is 0 Å². The molecular weight excluding hydrogens is 306 g/mol. The number of hydrogen-bond donors (Lipinski definition) is 2. The number of aryl methyl sites for hydroxylation is 3. The van der Waals surface area contributed by atoms with E-state index in [2.05, 4.69) is 11.4 Å². The molecule has 0 saturated carbocycles. The number of nitrogen functional groups attached to an aromatic ring is 1. The third-order valence-electron chi connectivity index (χ3n) is 4.27. The third-order valence-corrected chi connectivity index (χ3v) is 5.38. The van der Waals surface area contributed by atoms with E-state index in [1.54, 1.807) is 0 Å². The number of rotatable bonds is 2. The van der Waals surface area contributed by atoms with Gasteiger partial charge in [-0.3, -0.25) is 4.79 Å². The average Bonchev–Trinajstić information content (AvgIpc) is 3.12. The maximum atomic E-state index is 12.5. The van der Waals surface area contributed by atoms with Crippen LogP contribution in [-0.4, -0.2) is 10.9 Å². The number of amides is 1. The van der Waals surface area contributed by atoms with Crippen LogP contribution < -0.4 is 11.1 Å². The van der Waals surface area contributed by atoms with Gasteiger partial charge in [-0.25, -0.2) is 4.98 Å². The van der Waals surface area contributed by atoms with Crippen molar-refractivity contribution in [2.75, 3.05) is 11.1 Å². The zero-order valence-electron chi connectivity index (χ0n) is 12.8. The van der Waals surface area contributed by atoms with E-state index in [1.807, 2.05) is 31.2 Å². The zero-order chi connectivity index (χ0) is 16.0. The van der Waals surface area contributed by atoms with Gasteiger partial charge in [-0.1, -0.05) is 17.7 Å². The summed E-state index contributed by atoms with van der Waals surface area (Å²) in [5, 5.41) is 3.82. The summed E-state index contributed by atoms with van der Waals surface area (Å²) in [5.41, 5.74) is 11.1. The van der Waals surface area contributed by atoms with E-state index in [9.17, 15) is 4.79 Å². The maximum absolute atomic E-state index is 12.5. The Balaban J connectivity index is 1.69. The van der Waals surface area contributed by atoms with Gasteiger partial charge in [-0.05, 0) is 49.9 Å². The number of aromatic nitrogens is 1. The van der Waals surface area contributed by atoms with Gasteiger partial charge in [0.2, 0.25) is 0 Å². The van der Waals surface area contributed by atoms with Crippen molar-refractivity contribution in [1.82, 2.24) is 4.98 Å². The van der Waals surface area contributed by atoms with Crippen LogP contribution in [0.1, 0.15) is 32.9 Å². The lowest BCUT2D eigenvalue weighted by Gasteiger charge is -2.04. The van der Waals surface area contributed by atoms with Gasteiger partial charge in [0, 0.05) is 16.8 Å². The van der Waals surface area contributed by atoms with Crippen molar-refractivity contribution >= 4 is 38.8 Å². The maximum Gasteiger partial charge on any atom is 0.267 e. The average molecular weight is 323 g/mol. The monoisotopic (exact) mass is 323 g/mol. The molecule has 116 valence electrons.